The van der Waals surface area contributed by atoms with Crippen molar-refractivity contribution in [3.05, 3.63) is 35.9 Å². The molecular formula is C18H31Cl2N3O. The molecule has 4 nitrogen and oxygen atoms in total. The third-order valence-corrected chi connectivity index (χ3v) is 4.54. The van der Waals surface area contributed by atoms with Crippen LogP contribution in [0.2, 0.25) is 0 Å². The van der Waals surface area contributed by atoms with E-state index in [4.69, 9.17) is 5.73 Å². The summed E-state index contributed by atoms with van der Waals surface area (Å²) in [6.07, 6.45) is 2.29. The second-order valence-corrected chi connectivity index (χ2v) is 6.72. The Balaban J connectivity index is 0.00000264. The summed E-state index contributed by atoms with van der Waals surface area (Å²) in [6.45, 7) is 7.95. The molecule has 0 spiro atoms. The molecule has 1 aromatic carbocycles. The highest BCUT2D eigenvalue weighted by Gasteiger charge is 2.22. The van der Waals surface area contributed by atoms with Gasteiger partial charge in [0.05, 0.1) is 6.04 Å². The first-order valence-corrected chi connectivity index (χ1v) is 8.36. The maximum atomic E-state index is 11.9. The average molecular weight is 376 g/mol. The van der Waals surface area contributed by atoms with Crippen LogP contribution in [0.25, 0.3) is 0 Å². The fourth-order valence-corrected chi connectivity index (χ4v) is 2.86. The van der Waals surface area contributed by atoms with E-state index >= 15 is 0 Å². The van der Waals surface area contributed by atoms with Crippen LogP contribution in [0.5, 0.6) is 0 Å². The smallest absolute Gasteiger partial charge is 0.237 e. The number of hydrogen-bond donors (Lipinski definition) is 2. The summed E-state index contributed by atoms with van der Waals surface area (Å²) in [4.78, 5) is 14.4. The molecule has 1 heterocycles. The van der Waals surface area contributed by atoms with Crippen LogP contribution in [0.4, 0.5) is 0 Å². The van der Waals surface area contributed by atoms with E-state index in [9.17, 15) is 4.79 Å². The highest BCUT2D eigenvalue weighted by Crippen LogP contribution is 2.18. The maximum Gasteiger partial charge on any atom is 0.237 e. The molecule has 24 heavy (non-hydrogen) atoms. The molecule has 0 radical (unpaired) electrons. The highest BCUT2D eigenvalue weighted by molar-refractivity contribution is 5.85. The van der Waals surface area contributed by atoms with Crippen LogP contribution >= 0.6 is 24.8 Å². The van der Waals surface area contributed by atoms with Gasteiger partial charge in [0, 0.05) is 13.1 Å². The minimum Gasteiger partial charge on any atom is -0.354 e. The molecule has 6 heteroatoms. The van der Waals surface area contributed by atoms with Gasteiger partial charge in [0.2, 0.25) is 5.91 Å². The van der Waals surface area contributed by atoms with E-state index in [1.54, 1.807) is 0 Å². The normalized spacial score (nSPS) is 16.8. The standard InChI is InChI=1S/C18H29N3O.2ClH/c1-14(2)17(19)18(22)20-12-15-8-10-21(11-9-15)13-16-6-4-3-5-7-16;;/h3-7,14-15,17H,8-13,19H2,1-2H3,(H,20,22);2*1H. The van der Waals surface area contributed by atoms with Crippen LogP contribution in [0, 0.1) is 11.8 Å². The molecule has 0 saturated carbocycles. The molecule has 1 saturated heterocycles. The number of benzene rings is 1. The van der Waals surface area contributed by atoms with E-state index in [1.807, 2.05) is 13.8 Å². The molecule has 138 valence electrons. The number of likely N-dealkylation sites (tertiary alicyclic amines) is 1. The summed E-state index contributed by atoms with van der Waals surface area (Å²) in [5.41, 5.74) is 7.24. The lowest BCUT2D eigenvalue weighted by Crippen LogP contribution is -2.46. The summed E-state index contributed by atoms with van der Waals surface area (Å²) in [7, 11) is 0. The Morgan fingerprint density at radius 1 is 1.21 bits per heavy atom. The van der Waals surface area contributed by atoms with Crippen molar-refractivity contribution in [1.82, 2.24) is 10.2 Å². The monoisotopic (exact) mass is 375 g/mol. The second kappa shape index (κ2) is 11.7. The van der Waals surface area contributed by atoms with E-state index in [0.29, 0.717) is 5.92 Å². The topological polar surface area (TPSA) is 58.4 Å². The zero-order valence-corrected chi connectivity index (χ0v) is 16.2. The molecule has 1 aliphatic rings. The van der Waals surface area contributed by atoms with Crippen LogP contribution < -0.4 is 11.1 Å². The van der Waals surface area contributed by atoms with Gasteiger partial charge < -0.3 is 11.1 Å². The van der Waals surface area contributed by atoms with E-state index in [0.717, 1.165) is 39.0 Å². The maximum absolute atomic E-state index is 11.9. The van der Waals surface area contributed by atoms with Crippen molar-refractivity contribution in [3.8, 4) is 0 Å². The zero-order chi connectivity index (χ0) is 15.9. The fraction of sp³-hybridized carbons (Fsp3) is 0.611. The number of rotatable bonds is 6. The van der Waals surface area contributed by atoms with Crippen molar-refractivity contribution in [2.45, 2.75) is 39.3 Å². The number of nitrogens with zero attached hydrogens (tertiary/aromatic N) is 1. The summed E-state index contributed by atoms with van der Waals surface area (Å²) < 4.78 is 0. The van der Waals surface area contributed by atoms with Gasteiger partial charge in [0.1, 0.15) is 0 Å². The molecule has 0 bridgehead atoms. The van der Waals surface area contributed by atoms with Crippen LogP contribution in [0.3, 0.4) is 0 Å². The number of amides is 1. The summed E-state index contributed by atoms with van der Waals surface area (Å²) >= 11 is 0. The number of hydrogen-bond acceptors (Lipinski definition) is 3. The molecule has 1 aliphatic heterocycles. The minimum absolute atomic E-state index is 0. The SMILES string of the molecule is CC(C)C(N)C(=O)NCC1CCN(Cc2ccccc2)CC1.Cl.Cl. The van der Waals surface area contributed by atoms with Crippen molar-refractivity contribution in [1.29, 1.82) is 0 Å². The molecule has 1 amide bonds. The van der Waals surface area contributed by atoms with Gasteiger partial charge in [-0.1, -0.05) is 44.2 Å². The lowest BCUT2D eigenvalue weighted by molar-refractivity contribution is -0.123. The van der Waals surface area contributed by atoms with Crippen molar-refractivity contribution in [3.63, 3.8) is 0 Å². The largest absolute Gasteiger partial charge is 0.354 e. The van der Waals surface area contributed by atoms with Crippen molar-refractivity contribution in [2.75, 3.05) is 19.6 Å². The first kappa shape index (κ1) is 23.2. The van der Waals surface area contributed by atoms with Crippen molar-refractivity contribution < 1.29 is 4.79 Å². The lowest BCUT2D eigenvalue weighted by Gasteiger charge is -2.32. The van der Waals surface area contributed by atoms with Crippen LogP contribution in [0.1, 0.15) is 32.3 Å². The predicted molar refractivity (Wildman–Crippen MR) is 105 cm³/mol. The fourth-order valence-electron chi connectivity index (χ4n) is 2.86. The van der Waals surface area contributed by atoms with Crippen molar-refractivity contribution >= 4 is 30.7 Å². The quantitative estimate of drug-likeness (QED) is 0.803. The van der Waals surface area contributed by atoms with Crippen LogP contribution in [-0.4, -0.2) is 36.5 Å². The van der Waals surface area contributed by atoms with Gasteiger partial charge >= 0.3 is 0 Å². The summed E-state index contributed by atoms with van der Waals surface area (Å²) in [5, 5.41) is 3.02. The Hall–Kier alpha value is -0.810. The molecule has 0 aliphatic carbocycles. The highest BCUT2D eigenvalue weighted by atomic mass is 35.5. The number of halogens is 2. The van der Waals surface area contributed by atoms with Crippen molar-refractivity contribution in [2.24, 2.45) is 17.6 Å². The number of carbonyl (C=O) groups is 1. The molecule has 1 aromatic rings. The molecule has 1 unspecified atom stereocenters. The Kier molecular flexibility index (Phi) is 11.3. The Morgan fingerprint density at radius 2 is 1.79 bits per heavy atom. The predicted octanol–water partition coefficient (Wildman–Crippen LogP) is 2.84. The molecule has 1 atom stereocenters. The minimum atomic E-state index is -0.391. The third kappa shape index (κ3) is 7.39. The average Bonchev–Trinajstić information content (AvgIpc) is 2.54. The van der Waals surface area contributed by atoms with Gasteiger partial charge in [-0.2, -0.15) is 0 Å². The Bertz CT molecular complexity index is 463. The van der Waals surface area contributed by atoms with E-state index in [1.165, 1.54) is 5.56 Å². The second-order valence-electron chi connectivity index (χ2n) is 6.72. The number of carbonyl (C=O) groups excluding carboxylic acids is 1. The molecule has 1 fully saturated rings. The van der Waals surface area contributed by atoms with Gasteiger partial charge in [-0.25, -0.2) is 0 Å². The molecule has 3 N–H and O–H groups in total. The number of nitrogens with two attached hydrogens (primary N) is 1. The number of nitrogens with one attached hydrogen (secondary N) is 1. The van der Waals surface area contributed by atoms with E-state index < -0.39 is 6.04 Å². The summed E-state index contributed by atoms with van der Waals surface area (Å²) in [5.74, 6) is 0.754. The Morgan fingerprint density at radius 3 is 2.33 bits per heavy atom. The van der Waals surface area contributed by atoms with Crippen LogP contribution in [-0.2, 0) is 11.3 Å². The molecular weight excluding hydrogens is 345 g/mol. The molecule has 0 aromatic heterocycles. The third-order valence-electron chi connectivity index (χ3n) is 4.54. The first-order valence-electron chi connectivity index (χ1n) is 8.36. The first-order chi connectivity index (χ1) is 10.6. The zero-order valence-electron chi connectivity index (χ0n) is 14.6. The summed E-state index contributed by atoms with van der Waals surface area (Å²) in [6, 6.07) is 10.2. The lowest BCUT2D eigenvalue weighted by atomic mass is 9.96. The number of piperidine rings is 1. The van der Waals surface area contributed by atoms with Gasteiger partial charge in [-0.05, 0) is 43.3 Å². The van der Waals surface area contributed by atoms with Gasteiger partial charge in [-0.3, -0.25) is 9.69 Å². The Labute approximate surface area is 158 Å². The van der Waals surface area contributed by atoms with Crippen LogP contribution in [0.15, 0.2) is 30.3 Å². The van der Waals surface area contributed by atoms with E-state index in [2.05, 4.69) is 40.5 Å². The van der Waals surface area contributed by atoms with Gasteiger partial charge in [0.25, 0.3) is 0 Å². The van der Waals surface area contributed by atoms with Gasteiger partial charge in [-0.15, -0.1) is 24.8 Å². The van der Waals surface area contributed by atoms with E-state index in [-0.39, 0.29) is 36.6 Å². The molecule has 2 rings (SSSR count). The van der Waals surface area contributed by atoms with Gasteiger partial charge in [0.15, 0.2) is 0 Å².